The molecule has 0 saturated carbocycles. The maximum absolute atomic E-state index is 13.2. The van der Waals surface area contributed by atoms with Gasteiger partial charge in [0.15, 0.2) is 0 Å². The van der Waals surface area contributed by atoms with Crippen molar-refractivity contribution in [3.63, 3.8) is 0 Å². The van der Waals surface area contributed by atoms with Crippen molar-refractivity contribution in [2.45, 2.75) is 13.0 Å². The van der Waals surface area contributed by atoms with Crippen LogP contribution >= 0.6 is 11.6 Å². The minimum atomic E-state index is -0.385. The van der Waals surface area contributed by atoms with Crippen LogP contribution in [0.1, 0.15) is 11.4 Å². The Morgan fingerprint density at radius 2 is 2.28 bits per heavy atom. The Morgan fingerprint density at radius 3 is 2.94 bits per heavy atom. The van der Waals surface area contributed by atoms with Crippen LogP contribution in [0.15, 0.2) is 24.5 Å². The van der Waals surface area contributed by atoms with E-state index in [1.807, 2.05) is 11.6 Å². The fourth-order valence-electron chi connectivity index (χ4n) is 1.62. The van der Waals surface area contributed by atoms with Crippen LogP contribution < -0.4 is 5.32 Å². The Bertz CT molecular complexity index is 527. The molecule has 0 unspecified atom stereocenters. The molecule has 1 N–H and O–H groups in total. The summed E-state index contributed by atoms with van der Waals surface area (Å²) < 4.78 is 15.1. The molecule has 0 bridgehead atoms. The maximum atomic E-state index is 13.2. The van der Waals surface area contributed by atoms with Gasteiger partial charge in [-0.05, 0) is 17.7 Å². The van der Waals surface area contributed by atoms with Gasteiger partial charge in [-0.25, -0.2) is 4.39 Å². The summed E-state index contributed by atoms with van der Waals surface area (Å²) in [5.41, 5.74) is 0.870. The van der Waals surface area contributed by atoms with E-state index in [1.165, 1.54) is 6.07 Å². The standard InChI is InChI=1S/C12H14ClFN4/c1-18-8-16-17-12(18)4-5-15-7-9-2-3-10(13)11(14)6-9/h2-3,6,8,15H,4-5,7H2,1H3. The molecule has 0 aliphatic rings. The van der Waals surface area contributed by atoms with Gasteiger partial charge in [-0.2, -0.15) is 0 Å². The summed E-state index contributed by atoms with van der Waals surface area (Å²) in [5.74, 6) is 0.536. The zero-order valence-electron chi connectivity index (χ0n) is 10.0. The van der Waals surface area contributed by atoms with Crippen molar-refractivity contribution in [1.29, 1.82) is 0 Å². The minimum Gasteiger partial charge on any atom is -0.321 e. The van der Waals surface area contributed by atoms with Crippen molar-refractivity contribution < 1.29 is 4.39 Å². The van der Waals surface area contributed by atoms with E-state index in [4.69, 9.17) is 11.6 Å². The van der Waals surface area contributed by atoms with Gasteiger partial charge in [0.1, 0.15) is 18.0 Å². The van der Waals surface area contributed by atoms with Crippen molar-refractivity contribution in [2.24, 2.45) is 7.05 Å². The molecule has 1 aromatic heterocycles. The van der Waals surface area contributed by atoms with Crippen molar-refractivity contribution in [3.05, 3.63) is 46.8 Å². The van der Waals surface area contributed by atoms with Crippen LogP contribution in [0.3, 0.4) is 0 Å². The molecule has 2 aromatic rings. The van der Waals surface area contributed by atoms with E-state index in [0.717, 1.165) is 24.4 Å². The third-order valence-corrected chi connectivity index (χ3v) is 2.95. The van der Waals surface area contributed by atoms with Crippen molar-refractivity contribution in [2.75, 3.05) is 6.54 Å². The first-order valence-electron chi connectivity index (χ1n) is 5.64. The first-order chi connectivity index (χ1) is 8.66. The van der Waals surface area contributed by atoms with Crippen molar-refractivity contribution in [3.8, 4) is 0 Å². The van der Waals surface area contributed by atoms with E-state index in [2.05, 4.69) is 15.5 Å². The molecule has 0 spiro atoms. The molecular formula is C12H14ClFN4. The second kappa shape index (κ2) is 5.93. The molecule has 18 heavy (non-hydrogen) atoms. The molecule has 0 aliphatic carbocycles. The predicted octanol–water partition coefficient (Wildman–Crippen LogP) is 1.94. The fraction of sp³-hybridized carbons (Fsp3) is 0.333. The average molecular weight is 269 g/mol. The topological polar surface area (TPSA) is 42.7 Å². The number of halogens is 2. The van der Waals surface area contributed by atoms with Gasteiger partial charge in [0, 0.05) is 26.6 Å². The molecule has 2 rings (SSSR count). The largest absolute Gasteiger partial charge is 0.321 e. The number of rotatable bonds is 5. The third-order valence-electron chi connectivity index (χ3n) is 2.64. The Morgan fingerprint density at radius 1 is 1.44 bits per heavy atom. The molecule has 0 aliphatic heterocycles. The van der Waals surface area contributed by atoms with Gasteiger partial charge in [-0.3, -0.25) is 0 Å². The second-order valence-corrected chi connectivity index (χ2v) is 4.44. The van der Waals surface area contributed by atoms with Crippen LogP contribution in [-0.2, 0) is 20.0 Å². The molecule has 6 heteroatoms. The molecule has 0 atom stereocenters. The van der Waals surface area contributed by atoms with Crippen LogP contribution in [0, 0.1) is 5.82 Å². The summed E-state index contributed by atoms with van der Waals surface area (Å²) in [5, 5.41) is 11.2. The number of aryl methyl sites for hydroxylation is 1. The lowest BCUT2D eigenvalue weighted by atomic mass is 10.2. The van der Waals surface area contributed by atoms with Gasteiger partial charge in [-0.1, -0.05) is 17.7 Å². The fourth-order valence-corrected chi connectivity index (χ4v) is 1.73. The molecule has 0 saturated heterocycles. The Labute approximate surface area is 110 Å². The highest BCUT2D eigenvalue weighted by molar-refractivity contribution is 6.30. The van der Waals surface area contributed by atoms with Crippen molar-refractivity contribution in [1.82, 2.24) is 20.1 Å². The maximum Gasteiger partial charge on any atom is 0.142 e. The third kappa shape index (κ3) is 3.27. The predicted molar refractivity (Wildman–Crippen MR) is 67.8 cm³/mol. The van der Waals surface area contributed by atoms with Crippen LogP contribution in [0.5, 0.6) is 0 Å². The van der Waals surface area contributed by atoms with E-state index in [-0.39, 0.29) is 10.8 Å². The zero-order chi connectivity index (χ0) is 13.0. The summed E-state index contributed by atoms with van der Waals surface area (Å²) >= 11 is 5.61. The van der Waals surface area contributed by atoms with Gasteiger partial charge in [0.25, 0.3) is 0 Å². The summed E-state index contributed by atoms with van der Waals surface area (Å²) in [6.07, 6.45) is 2.45. The molecule has 0 amide bonds. The van der Waals surface area contributed by atoms with E-state index in [0.29, 0.717) is 6.54 Å². The highest BCUT2D eigenvalue weighted by Gasteiger charge is 2.02. The quantitative estimate of drug-likeness (QED) is 0.843. The SMILES string of the molecule is Cn1cnnc1CCNCc1ccc(Cl)c(F)c1. The van der Waals surface area contributed by atoms with E-state index < -0.39 is 0 Å². The number of nitrogens with one attached hydrogen (secondary N) is 1. The van der Waals surface area contributed by atoms with Gasteiger partial charge in [0.2, 0.25) is 0 Å². The molecule has 0 fully saturated rings. The molecule has 1 heterocycles. The van der Waals surface area contributed by atoms with Crippen LogP contribution in [-0.4, -0.2) is 21.3 Å². The first-order valence-corrected chi connectivity index (χ1v) is 6.02. The number of benzene rings is 1. The number of hydrogen-bond donors (Lipinski definition) is 1. The van der Waals surface area contributed by atoms with Gasteiger partial charge < -0.3 is 9.88 Å². The van der Waals surface area contributed by atoms with Gasteiger partial charge in [-0.15, -0.1) is 10.2 Å². The lowest BCUT2D eigenvalue weighted by Crippen LogP contribution is -2.18. The molecule has 4 nitrogen and oxygen atoms in total. The summed E-state index contributed by atoms with van der Waals surface area (Å²) in [4.78, 5) is 0. The summed E-state index contributed by atoms with van der Waals surface area (Å²) in [6.45, 7) is 1.36. The first kappa shape index (κ1) is 13.0. The molecule has 1 aromatic carbocycles. The number of nitrogens with zero attached hydrogens (tertiary/aromatic N) is 3. The van der Waals surface area contributed by atoms with Gasteiger partial charge in [0.05, 0.1) is 5.02 Å². The van der Waals surface area contributed by atoms with Crippen molar-refractivity contribution >= 4 is 11.6 Å². The molecule has 96 valence electrons. The normalized spacial score (nSPS) is 10.8. The summed E-state index contributed by atoms with van der Waals surface area (Å²) in [7, 11) is 1.91. The lowest BCUT2D eigenvalue weighted by molar-refractivity contribution is 0.617. The summed E-state index contributed by atoms with van der Waals surface area (Å²) in [6, 6.07) is 4.81. The highest BCUT2D eigenvalue weighted by Crippen LogP contribution is 2.15. The zero-order valence-corrected chi connectivity index (χ0v) is 10.8. The van der Waals surface area contributed by atoms with Crippen LogP contribution in [0.4, 0.5) is 4.39 Å². The van der Waals surface area contributed by atoms with Crippen LogP contribution in [0.2, 0.25) is 5.02 Å². The average Bonchev–Trinajstić information content (AvgIpc) is 2.75. The van der Waals surface area contributed by atoms with E-state index in [1.54, 1.807) is 18.5 Å². The van der Waals surface area contributed by atoms with E-state index in [9.17, 15) is 4.39 Å². The number of hydrogen-bond acceptors (Lipinski definition) is 3. The Balaban J connectivity index is 1.78. The van der Waals surface area contributed by atoms with E-state index >= 15 is 0 Å². The molecular weight excluding hydrogens is 255 g/mol. The smallest absolute Gasteiger partial charge is 0.142 e. The number of aromatic nitrogens is 3. The minimum absolute atomic E-state index is 0.151. The second-order valence-electron chi connectivity index (χ2n) is 4.03. The lowest BCUT2D eigenvalue weighted by Gasteiger charge is -2.05. The molecule has 0 radical (unpaired) electrons. The van der Waals surface area contributed by atoms with Crippen LogP contribution in [0.25, 0.3) is 0 Å². The van der Waals surface area contributed by atoms with Gasteiger partial charge >= 0.3 is 0 Å². The Hall–Kier alpha value is -1.46. The highest BCUT2D eigenvalue weighted by atomic mass is 35.5. The monoisotopic (exact) mass is 268 g/mol. The Kier molecular flexibility index (Phi) is 4.28.